The molecule has 0 aliphatic carbocycles. The van der Waals surface area contributed by atoms with Gasteiger partial charge in [0.1, 0.15) is 11.5 Å². The zero-order valence-electron chi connectivity index (χ0n) is 23.9. The fourth-order valence-electron chi connectivity index (χ4n) is 3.74. The molecule has 0 saturated carbocycles. The molecule has 7 heteroatoms. The number of hydrogen-bond acceptors (Lipinski definition) is 7. The number of rotatable bonds is 24. The normalized spacial score (nSPS) is 14.6. The van der Waals surface area contributed by atoms with Gasteiger partial charge in [-0.25, -0.2) is 0 Å². The van der Waals surface area contributed by atoms with Crippen molar-refractivity contribution in [2.75, 3.05) is 40.6 Å². The molecule has 0 aliphatic heterocycles. The van der Waals surface area contributed by atoms with Gasteiger partial charge in [-0.15, -0.1) is 0 Å². The first-order valence-electron chi connectivity index (χ1n) is 13.8. The smallest absolute Gasteiger partial charge is 0.222 e. The number of methoxy groups -OCH3 is 2. The summed E-state index contributed by atoms with van der Waals surface area (Å²) in [4.78, 5) is 0. The lowest BCUT2D eigenvalue weighted by molar-refractivity contribution is -0.226. The third-order valence-corrected chi connectivity index (χ3v) is 5.40. The molecular formula is C28H54O7. The second kappa shape index (κ2) is 23.0. The van der Waals surface area contributed by atoms with Crippen molar-refractivity contribution in [3.63, 3.8) is 0 Å². The highest BCUT2D eigenvalue weighted by atomic mass is 16.8. The molecule has 0 amide bonds. The fourth-order valence-corrected chi connectivity index (χ4v) is 3.74. The highest BCUT2D eigenvalue weighted by molar-refractivity contribution is 5.09. The quantitative estimate of drug-likeness (QED) is 0.0771. The van der Waals surface area contributed by atoms with E-state index in [2.05, 4.69) is 13.8 Å². The average Bonchev–Trinajstić information content (AvgIpc) is 2.86. The van der Waals surface area contributed by atoms with Crippen molar-refractivity contribution in [1.82, 2.24) is 0 Å². The molecule has 0 spiro atoms. The zero-order chi connectivity index (χ0) is 26.3. The van der Waals surface area contributed by atoms with E-state index in [0.717, 1.165) is 50.0 Å². The monoisotopic (exact) mass is 502 g/mol. The number of unbranched alkanes of at least 4 members (excludes halogenated alkanes) is 6. The topological polar surface area (TPSA) is 64.6 Å². The molecule has 0 bridgehead atoms. The van der Waals surface area contributed by atoms with E-state index >= 15 is 0 Å². The van der Waals surface area contributed by atoms with Crippen molar-refractivity contribution in [2.45, 2.75) is 118 Å². The summed E-state index contributed by atoms with van der Waals surface area (Å²) < 4.78 is 41.8. The highest BCUT2D eigenvalue weighted by Crippen LogP contribution is 2.27. The first kappa shape index (κ1) is 33.6. The molecule has 0 aromatic carbocycles. The minimum atomic E-state index is -0.814. The molecule has 0 N–H and O–H groups in total. The molecule has 0 aromatic heterocycles. The summed E-state index contributed by atoms with van der Waals surface area (Å²) in [6, 6.07) is 0. The molecule has 0 saturated heterocycles. The minimum absolute atomic E-state index is 0.470. The third kappa shape index (κ3) is 14.0. The second-order valence-corrected chi connectivity index (χ2v) is 8.20. The molecule has 0 aromatic rings. The fraction of sp³-hybridized carbons (Fsp3) is 0.857. The summed E-state index contributed by atoms with van der Waals surface area (Å²) in [6.07, 6.45) is 8.95. The van der Waals surface area contributed by atoms with Gasteiger partial charge in [0.25, 0.3) is 0 Å². The second-order valence-electron chi connectivity index (χ2n) is 8.20. The number of ether oxygens (including phenoxy) is 7. The summed E-state index contributed by atoms with van der Waals surface area (Å²) >= 11 is 0. The van der Waals surface area contributed by atoms with Gasteiger partial charge < -0.3 is 33.2 Å². The van der Waals surface area contributed by atoms with Crippen LogP contribution in [0, 0.1) is 0 Å². The van der Waals surface area contributed by atoms with Crippen LogP contribution in [0.4, 0.5) is 0 Å². The molecule has 0 fully saturated rings. The first-order chi connectivity index (χ1) is 17.1. The SMILES string of the molecule is CCCCCCC(OCC)=C(OCC)C(OC)OC(OC)C(OCC)=C(CCCCCC)OCC. The molecule has 2 atom stereocenters. The number of hydrogen-bond donors (Lipinski definition) is 0. The standard InChI is InChI=1S/C28H54O7/c1-9-15-17-19-21-23(31-11-3)25(33-13-5)27(29-7)35-28(30-8)26(34-14-6)24(32-12-4)22-20-18-16-10-2/h27-28H,9-22H2,1-8H3. The average molecular weight is 503 g/mol. The molecule has 0 rings (SSSR count). The van der Waals surface area contributed by atoms with Gasteiger partial charge in [-0.2, -0.15) is 0 Å². The Morgan fingerprint density at radius 1 is 0.486 bits per heavy atom. The van der Waals surface area contributed by atoms with Gasteiger partial charge in [-0.05, 0) is 40.5 Å². The summed E-state index contributed by atoms with van der Waals surface area (Å²) in [6.45, 7) is 14.3. The van der Waals surface area contributed by atoms with Gasteiger partial charge in [0, 0.05) is 27.1 Å². The Hall–Kier alpha value is -1.44. The molecule has 2 unspecified atom stereocenters. The van der Waals surface area contributed by atoms with E-state index in [1.54, 1.807) is 14.2 Å². The van der Waals surface area contributed by atoms with Gasteiger partial charge in [0.05, 0.1) is 26.4 Å². The first-order valence-corrected chi connectivity index (χ1v) is 13.8. The van der Waals surface area contributed by atoms with Crippen LogP contribution >= 0.6 is 0 Å². The van der Waals surface area contributed by atoms with E-state index in [-0.39, 0.29) is 0 Å². The van der Waals surface area contributed by atoms with Crippen LogP contribution in [-0.4, -0.2) is 53.2 Å². The largest absolute Gasteiger partial charge is 0.495 e. The predicted octanol–water partition coefficient (Wildman–Crippen LogP) is 7.46. The van der Waals surface area contributed by atoms with E-state index in [0.29, 0.717) is 37.9 Å². The van der Waals surface area contributed by atoms with Crippen LogP contribution in [0.25, 0.3) is 0 Å². The van der Waals surface area contributed by atoms with Crippen molar-refractivity contribution >= 4 is 0 Å². The summed E-state index contributed by atoms with van der Waals surface area (Å²) in [5, 5.41) is 0. The number of allylic oxidation sites excluding steroid dienone is 2. The van der Waals surface area contributed by atoms with Gasteiger partial charge in [-0.3, -0.25) is 0 Å². The third-order valence-electron chi connectivity index (χ3n) is 5.40. The Morgan fingerprint density at radius 2 is 0.857 bits per heavy atom. The minimum Gasteiger partial charge on any atom is -0.495 e. The maximum Gasteiger partial charge on any atom is 0.222 e. The summed E-state index contributed by atoms with van der Waals surface area (Å²) in [7, 11) is 3.19. The zero-order valence-corrected chi connectivity index (χ0v) is 23.9. The Labute approximate surface area is 215 Å². The van der Waals surface area contributed by atoms with Crippen LogP contribution in [0.2, 0.25) is 0 Å². The Bertz CT molecular complexity index is 512. The van der Waals surface area contributed by atoms with Gasteiger partial charge in [-0.1, -0.05) is 52.4 Å². The van der Waals surface area contributed by atoms with Gasteiger partial charge in [0.2, 0.25) is 12.6 Å². The van der Waals surface area contributed by atoms with Crippen LogP contribution in [0.3, 0.4) is 0 Å². The van der Waals surface area contributed by atoms with Crippen LogP contribution in [0.15, 0.2) is 23.0 Å². The maximum atomic E-state index is 6.32. The molecule has 35 heavy (non-hydrogen) atoms. The van der Waals surface area contributed by atoms with E-state index < -0.39 is 12.6 Å². The maximum absolute atomic E-state index is 6.32. The molecule has 7 nitrogen and oxygen atoms in total. The van der Waals surface area contributed by atoms with E-state index in [9.17, 15) is 0 Å². The van der Waals surface area contributed by atoms with E-state index in [1.807, 2.05) is 27.7 Å². The Morgan fingerprint density at radius 3 is 1.14 bits per heavy atom. The summed E-state index contributed by atoms with van der Waals surface area (Å²) in [5.41, 5.74) is 0. The molecule has 0 heterocycles. The van der Waals surface area contributed by atoms with Gasteiger partial charge in [0.15, 0.2) is 11.5 Å². The lowest BCUT2D eigenvalue weighted by Crippen LogP contribution is -2.32. The highest BCUT2D eigenvalue weighted by Gasteiger charge is 2.30. The Balaban J connectivity index is 6.01. The van der Waals surface area contributed by atoms with Crippen molar-refractivity contribution < 1.29 is 33.2 Å². The van der Waals surface area contributed by atoms with Crippen molar-refractivity contribution in [1.29, 1.82) is 0 Å². The van der Waals surface area contributed by atoms with Crippen LogP contribution in [0.1, 0.15) is 106 Å². The molecular weight excluding hydrogens is 448 g/mol. The van der Waals surface area contributed by atoms with Crippen molar-refractivity contribution in [2.24, 2.45) is 0 Å². The van der Waals surface area contributed by atoms with Crippen LogP contribution in [0.5, 0.6) is 0 Å². The molecule has 0 aliphatic rings. The lowest BCUT2D eigenvalue weighted by atomic mass is 10.1. The molecule has 0 radical (unpaired) electrons. The van der Waals surface area contributed by atoms with Crippen LogP contribution in [-0.2, 0) is 33.2 Å². The van der Waals surface area contributed by atoms with Crippen molar-refractivity contribution in [3.8, 4) is 0 Å². The Kier molecular flexibility index (Phi) is 22.0. The summed E-state index contributed by atoms with van der Waals surface area (Å²) in [5.74, 6) is 2.62. The lowest BCUT2D eigenvalue weighted by Gasteiger charge is -2.28. The van der Waals surface area contributed by atoms with Crippen molar-refractivity contribution in [3.05, 3.63) is 23.0 Å². The van der Waals surface area contributed by atoms with Gasteiger partial charge >= 0.3 is 0 Å². The van der Waals surface area contributed by atoms with E-state index in [4.69, 9.17) is 33.2 Å². The predicted molar refractivity (Wildman–Crippen MR) is 141 cm³/mol. The molecule has 208 valence electrons. The van der Waals surface area contributed by atoms with Crippen LogP contribution < -0.4 is 0 Å². The van der Waals surface area contributed by atoms with E-state index in [1.165, 1.54) is 25.7 Å².